The second-order valence-electron chi connectivity index (χ2n) is 6.12. The minimum absolute atomic E-state index is 0.0492. The lowest BCUT2D eigenvalue weighted by molar-refractivity contribution is 0.0738. The molecule has 5 nitrogen and oxygen atoms in total. The molecular formula is C14H22N4O. The van der Waals surface area contributed by atoms with Crippen molar-refractivity contribution in [2.75, 3.05) is 26.0 Å². The molecule has 0 aliphatic heterocycles. The molecule has 1 aromatic rings. The van der Waals surface area contributed by atoms with Gasteiger partial charge in [0.2, 0.25) is 0 Å². The summed E-state index contributed by atoms with van der Waals surface area (Å²) in [6.45, 7) is 0.862. The molecule has 2 N–H and O–H groups in total. The van der Waals surface area contributed by atoms with Gasteiger partial charge in [0.05, 0.1) is 0 Å². The Balaban J connectivity index is 1.71. The Labute approximate surface area is 113 Å². The summed E-state index contributed by atoms with van der Waals surface area (Å²) in [6.07, 6.45) is 6.01. The molecule has 3 rings (SSSR count). The number of nitrogens with one attached hydrogen (secondary N) is 2. The van der Waals surface area contributed by atoms with E-state index in [1.54, 1.807) is 6.07 Å². The summed E-state index contributed by atoms with van der Waals surface area (Å²) in [6, 6.07) is 1.56. The van der Waals surface area contributed by atoms with E-state index < -0.39 is 0 Å². The van der Waals surface area contributed by atoms with Crippen LogP contribution in [0, 0.1) is 0 Å². The first kappa shape index (κ1) is 12.7. The largest absolute Gasteiger partial charge is 0.368 e. The van der Waals surface area contributed by atoms with Gasteiger partial charge in [0.25, 0.3) is 5.56 Å². The van der Waals surface area contributed by atoms with Gasteiger partial charge in [-0.1, -0.05) is 0 Å². The number of aromatic nitrogens is 2. The van der Waals surface area contributed by atoms with E-state index in [0.717, 1.165) is 31.0 Å². The van der Waals surface area contributed by atoms with E-state index in [9.17, 15) is 4.79 Å². The van der Waals surface area contributed by atoms with E-state index in [1.165, 1.54) is 19.3 Å². The van der Waals surface area contributed by atoms with Gasteiger partial charge in [0, 0.05) is 24.1 Å². The van der Waals surface area contributed by atoms with Gasteiger partial charge in [-0.15, -0.1) is 0 Å². The fourth-order valence-corrected chi connectivity index (χ4v) is 2.74. The second-order valence-corrected chi connectivity index (χ2v) is 6.12. The number of aromatic amines is 1. The van der Waals surface area contributed by atoms with Crippen molar-refractivity contribution < 1.29 is 0 Å². The van der Waals surface area contributed by atoms with E-state index in [0.29, 0.717) is 5.92 Å². The van der Waals surface area contributed by atoms with Crippen molar-refractivity contribution in [2.24, 2.45) is 0 Å². The molecule has 2 aliphatic rings. The van der Waals surface area contributed by atoms with E-state index in [-0.39, 0.29) is 11.1 Å². The lowest BCUT2D eigenvalue weighted by atomic mass is 9.75. The maximum Gasteiger partial charge on any atom is 0.252 e. The van der Waals surface area contributed by atoms with E-state index in [1.807, 2.05) is 0 Å². The molecule has 0 radical (unpaired) electrons. The fourth-order valence-electron chi connectivity index (χ4n) is 2.74. The van der Waals surface area contributed by atoms with Crippen molar-refractivity contribution in [3.8, 4) is 0 Å². The minimum atomic E-state index is -0.0492. The highest BCUT2D eigenvalue weighted by Gasteiger charge is 2.38. The molecule has 1 heterocycles. The smallest absolute Gasteiger partial charge is 0.252 e. The van der Waals surface area contributed by atoms with Gasteiger partial charge in [-0.05, 0) is 46.2 Å². The van der Waals surface area contributed by atoms with Crippen LogP contribution in [0.3, 0.4) is 0 Å². The predicted octanol–water partition coefficient (Wildman–Crippen LogP) is 1.54. The highest BCUT2D eigenvalue weighted by Crippen LogP contribution is 2.38. The van der Waals surface area contributed by atoms with Crippen LogP contribution in [0.25, 0.3) is 0 Å². The van der Waals surface area contributed by atoms with E-state index in [4.69, 9.17) is 0 Å². The highest BCUT2D eigenvalue weighted by molar-refractivity contribution is 5.35. The molecule has 0 amide bonds. The SMILES string of the molecule is CN(C)C1(CNc2cc(=O)[nH]c(C3CC3)n2)CCC1. The standard InChI is InChI=1S/C14H22N4O/c1-18(2)14(6-3-7-14)9-15-11-8-12(19)17-13(16-11)10-4-5-10/h8,10H,3-7,9H2,1-2H3,(H2,15,16,17,19). The fraction of sp³-hybridized carbons (Fsp3) is 0.714. The Morgan fingerprint density at radius 3 is 2.74 bits per heavy atom. The summed E-state index contributed by atoms with van der Waals surface area (Å²) >= 11 is 0. The number of hydrogen-bond donors (Lipinski definition) is 2. The van der Waals surface area contributed by atoms with E-state index >= 15 is 0 Å². The molecule has 0 saturated heterocycles. The zero-order chi connectivity index (χ0) is 13.5. The number of rotatable bonds is 5. The lowest BCUT2D eigenvalue weighted by Crippen LogP contribution is -2.54. The minimum Gasteiger partial charge on any atom is -0.368 e. The maximum atomic E-state index is 11.6. The lowest BCUT2D eigenvalue weighted by Gasteiger charge is -2.47. The molecule has 2 aliphatic carbocycles. The topological polar surface area (TPSA) is 61.0 Å². The van der Waals surface area contributed by atoms with Crippen molar-refractivity contribution in [2.45, 2.75) is 43.6 Å². The van der Waals surface area contributed by atoms with Gasteiger partial charge in [-0.3, -0.25) is 4.79 Å². The molecule has 5 heteroatoms. The van der Waals surface area contributed by atoms with Crippen molar-refractivity contribution in [3.63, 3.8) is 0 Å². The third-order valence-corrected chi connectivity index (χ3v) is 4.56. The maximum absolute atomic E-state index is 11.6. The highest BCUT2D eigenvalue weighted by atomic mass is 16.1. The van der Waals surface area contributed by atoms with Crippen molar-refractivity contribution in [1.82, 2.24) is 14.9 Å². The predicted molar refractivity (Wildman–Crippen MR) is 75.6 cm³/mol. The summed E-state index contributed by atoms with van der Waals surface area (Å²) in [5, 5.41) is 3.36. The van der Waals surface area contributed by atoms with Gasteiger partial charge in [0.15, 0.2) is 0 Å². The molecule has 0 atom stereocenters. The van der Waals surface area contributed by atoms with Crippen LogP contribution in [0.5, 0.6) is 0 Å². The summed E-state index contributed by atoms with van der Waals surface area (Å²) < 4.78 is 0. The number of likely N-dealkylation sites (N-methyl/N-ethyl adjacent to an activating group) is 1. The van der Waals surface area contributed by atoms with Crippen molar-refractivity contribution >= 4 is 5.82 Å². The number of anilines is 1. The van der Waals surface area contributed by atoms with Gasteiger partial charge in [-0.25, -0.2) is 4.98 Å². The molecule has 2 saturated carbocycles. The first-order valence-electron chi connectivity index (χ1n) is 7.12. The molecule has 1 aromatic heterocycles. The van der Waals surface area contributed by atoms with Crippen LogP contribution in [0.1, 0.15) is 43.8 Å². The summed E-state index contributed by atoms with van der Waals surface area (Å²) in [5.74, 6) is 2.04. The molecule has 2 fully saturated rings. The van der Waals surface area contributed by atoms with Gasteiger partial charge >= 0.3 is 0 Å². The average Bonchev–Trinajstić information content (AvgIpc) is 3.09. The summed E-state index contributed by atoms with van der Waals surface area (Å²) in [5.41, 5.74) is 0.191. The Kier molecular flexibility index (Phi) is 3.09. The third kappa shape index (κ3) is 2.52. The normalized spacial score (nSPS) is 21.2. The van der Waals surface area contributed by atoms with Crippen molar-refractivity contribution in [3.05, 3.63) is 22.2 Å². The van der Waals surface area contributed by atoms with Crippen LogP contribution in [-0.2, 0) is 0 Å². The summed E-state index contributed by atoms with van der Waals surface area (Å²) in [7, 11) is 4.25. The van der Waals surface area contributed by atoms with E-state index in [2.05, 4.69) is 34.3 Å². The third-order valence-electron chi connectivity index (χ3n) is 4.56. The zero-order valence-corrected chi connectivity index (χ0v) is 11.7. The number of nitrogens with zero attached hydrogens (tertiary/aromatic N) is 2. The molecule has 0 unspecified atom stereocenters. The van der Waals surface area contributed by atoms with Crippen LogP contribution >= 0.6 is 0 Å². The molecule has 19 heavy (non-hydrogen) atoms. The van der Waals surface area contributed by atoms with Gasteiger partial charge in [0.1, 0.15) is 11.6 Å². The molecule has 0 aromatic carbocycles. The van der Waals surface area contributed by atoms with Gasteiger partial charge < -0.3 is 15.2 Å². The monoisotopic (exact) mass is 262 g/mol. The number of H-pyrrole nitrogens is 1. The van der Waals surface area contributed by atoms with Crippen LogP contribution < -0.4 is 10.9 Å². The Morgan fingerprint density at radius 2 is 2.21 bits per heavy atom. The first-order chi connectivity index (χ1) is 9.09. The first-order valence-corrected chi connectivity index (χ1v) is 7.12. The average molecular weight is 262 g/mol. The van der Waals surface area contributed by atoms with Crippen LogP contribution in [0.4, 0.5) is 5.82 Å². The summed E-state index contributed by atoms with van der Waals surface area (Å²) in [4.78, 5) is 21.3. The van der Waals surface area contributed by atoms with Gasteiger partial charge in [-0.2, -0.15) is 0 Å². The van der Waals surface area contributed by atoms with Crippen LogP contribution in [-0.4, -0.2) is 41.0 Å². The number of hydrogen-bond acceptors (Lipinski definition) is 4. The quantitative estimate of drug-likeness (QED) is 0.845. The Bertz CT molecular complexity index is 514. The second kappa shape index (κ2) is 4.63. The molecule has 0 spiro atoms. The van der Waals surface area contributed by atoms with Crippen LogP contribution in [0.2, 0.25) is 0 Å². The van der Waals surface area contributed by atoms with Crippen LogP contribution in [0.15, 0.2) is 10.9 Å². The Hall–Kier alpha value is -1.36. The molecular weight excluding hydrogens is 240 g/mol. The zero-order valence-electron chi connectivity index (χ0n) is 11.7. The molecule has 0 bridgehead atoms. The van der Waals surface area contributed by atoms with Crippen molar-refractivity contribution in [1.29, 1.82) is 0 Å². The Morgan fingerprint density at radius 1 is 1.47 bits per heavy atom. The molecule has 104 valence electrons.